The van der Waals surface area contributed by atoms with Crippen LogP contribution in [0.5, 0.6) is 0 Å². The van der Waals surface area contributed by atoms with Gasteiger partial charge in [0.05, 0.1) is 8.83 Å². The summed E-state index contributed by atoms with van der Waals surface area (Å²) in [5.41, 5.74) is 1.32. The third kappa shape index (κ3) is 8.88. The van der Waals surface area contributed by atoms with Crippen molar-refractivity contribution in [3.8, 4) is 0 Å². The van der Waals surface area contributed by atoms with Crippen LogP contribution in [0.2, 0.25) is 0 Å². The number of benzene rings is 1. The summed E-state index contributed by atoms with van der Waals surface area (Å²) in [6.07, 6.45) is 13.1. The lowest BCUT2D eigenvalue weighted by atomic mass is 9.99. The van der Waals surface area contributed by atoms with Crippen LogP contribution in [0.1, 0.15) is 104 Å². The van der Waals surface area contributed by atoms with E-state index >= 15 is 0 Å². The van der Waals surface area contributed by atoms with Crippen LogP contribution in [0.4, 0.5) is 0 Å². The minimum absolute atomic E-state index is 0.0300. The molecule has 1 fully saturated rings. The van der Waals surface area contributed by atoms with Crippen molar-refractivity contribution < 1.29 is 8.42 Å². The van der Waals surface area contributed by atoms with E-state index in [1.165, 1.54) is 56.9 Å². The van der Waals surface area contributed by atoms with Gasteiger partial charge in [-0.15, -0.1) is 23.5 Å². The predicted molar refractivity (Wildman–Crippen MR) is 145 cm³/mol. The van der Waals surface area contributed by atoms with Crippen LogP contribution in [0.25, 0.3) is 0 Å². The molecule has 1 aliphatic rings. The van der Waals surface area contributed by atoms with E-state index in [4.69, 9.17) is 0 Å². The second-order valence-corrected chi connectivity index (χ2v) is 15.6. The zero-order valence-corrected chi connectivity index (χ0v) is 23.1. The molecule has 0 bridgehead atoms. The van der Waals surface area contributed by atoms with Crippen molar-refractivity contribution in [1.29, 1.82) is 0 Å². The maximum absolute atomic E-state index is 13.1. The van der Waals surface area contributed by atoms with Crippen molar-refractivity contribution in [2.75, 3.05) is 11.5 Å². The highest BCUT2D eigenvalue weighted by Gasteiger charge is 2.40. The first-order valence-corrected chi connectivity index (χ1v) is 16.0. The van der Waals surface area contributed by atoms with E-state index in [1.807, 2.05) is 23.5 Å². The first-order valence-electron chi connectivity index (χ1n) is 12.6. The van der Waals surface area contributed by atoms with Crippen LogP contribution >= 0.6 is 23.5 Å². The maximum atomic E-state index is 13.1. The molecule has 3 nitrogen and oxygen atoms in total. The Bertz CT molecular complexity index is 738. The number of rotatable bonds is 14. The Kier molecular flexibility index (Phi) is 12.0. The highest BCUT2D eigenvalue weighted by Crippen LogP contribution is 2.53. The van der Waals surface area contributed by atoms with Gasteiger partial charge in [-0.25, -0.2) is 13.1 Å². The molecule has 184 valence electrons. The molecule has 0 radical (unpaired) electrons. The molecule has 6 heteroatoms. The van der Waals surface area contributed by atoms with Crippen molar-refractivity contribution in [2.24, 2.45) is 0 Å². The molecule has 1 heterocycles. The molecule has 1 saturated heterocycles. The van der Waals surface area contributed by atoms with Gasteiger partial charge in [-0.05, 0) is 57.1 Å². The minimum Gasteiger partial charge on any atom is -0.212 e. The van der Waals surface area contributed by atoms with E-state index in [2.05, 4.69) is 42.0 Å². The highest BCUT2D eigenvalue weighted by molar-refractivity contribution is 8.18. The maximum Gasteiger partial charge on any atom is 0.216 e. The second kappa shape index (κ2) is 13.7. The lowest BCUT2D eigenvalue weighted by molar-refractivity contribution is 0.452. The third-order valence-electron chi connectivity index (χ3n) is 6.22. The molecule has 1 aromatic carbocycles. The zero-order chi connectivity index (χ0) is 23.5. The van der Waals surface area contributed by atoms with Gasteiger partial charge in [-0.1, -0.05) is 88.6 Å². The van der Waals surface area contributed by atoms with Gasteiger partial charge in [0.2, 0.25) is 10.0 Å². The van der Waals surface area contributed by atoms with Gasteiger partial charge < -0.3 is 0 Å². The standard InChI is InChI=1S/C26H45NO2S3/c1-5-6-7-8-9-10-11-15-19-24(27-32(28,29)25(2,3)4)22-26(30-20-16-21-31-26)23-17-13-12-14-18-23/h12-14,17-18,24,27H,5-11,15-16,19-22H2,1-4H3/t24-/m1/s1. The monoisotopic (exact) mass is 499 g/mol. The number of sulfonamides is 1. The van der Waals surface area contributed by atoms with Crippen molar-refractivity contribution in [3.63, 3.8) is 0 Å². The summed E-state index contributed by atoms with van der Waals surface area (Å²) in [6, 6.07) is 10.7. The molecule has 1 atom stereocenters. The van der Waals surface area contributed by atoms with Crippen LogP contribution in [0, 0.1) is 0 Å². The molecule has 0 aliphatic carbocycles. The average Bonchev–Trinajstić information content (AvgIpc) is 2.76. The van der Waals surface area contributed by atoms with Gasteiger partial charge >= 0.3 is 0 Å². The van der Waals surface area contributed by atoms with Crippen molar-refractivity contribution >= 4 is 33.5 Å². The third-order valence-corrected chi connectivity index (χ3v) is 11.9. The largest absolute Gasteiger partial charge is 0.216 e. The summed E-state index contributed by atoms with van der Waals surface area (Å²) in [5, 5.41) is 0. The van der Waals surface area contributed by atoms with Gasteiger partial charge in [0, 0.05) is 6.04 Å². The van der Waals surface area contributed by atoms with Crippen LogP contribution in [0.3, 0.4) is 0 Å². The number of unbranched alkanes of at least 4 members (excludes halogenated alkanes) is 7. The average molecular weight is 500 g/mol. The minimum atomic E-state index is -3.38. The topological polar surface area (TPSA) is 46.2 Å². The Labute approximate surface area is 206 Å². The van der Waals surface area contributed by atoms with E-state index < -0.39 is 14.8 Å². The van der Waals surface area contributed by atoms with Crippen molar-refractivity contribution in [2.45, 2.75) is 113 Å². The molecule has 0 spiro atoms. The smallest absolute Gasteiger partial charge is 0.212 e. The van der Waals surface area contributed by atoms with Crippen LogP contribution in [0.15, 0.2) is 30.3 Å². The summed E-state index contributed by atoms with van der Waals surface area (Å²) in [4.78, 5) is 0. The van der Waals surface area contributed by atoms with E-state index in [-0.39, 0.29) is 10.1 Å². The van der Waals surface area contributed by atoms with Gasteiger partial charge in [-0.2, -0.15) is 0 Å². The summed E-state index contributed by atoms with van der Waals surface area (Å²) >= 11 is 4.02. The first-order chi connectivity index (χ1) is 15.2. The lowest BCUT2D eigenvalue weighted by Crippen LogP contribution is -2.46. The first kappa shape index (κ1) is 28.1. The SMILES string of the molecule is CCCCCCCCCC[C@H](CC1(c2ccccc2)SCCCS1)NS(=O)(=O)C(C)(C)C. The summed E-state index contributed by atoms with van der Waals surface area (Å²) < 4.78 is 28.4. The Morgan fingerprint density at radius 1 is 0.938 bits per heavy atom. The van der Waals surface area contributed by atoms with Gasteiger partial charge in [-0.3, -0.25) is 0 Å². The molecular weight excluding hydrogens is 454 g/mol. The summed E-state index contributed by atoms with van der Waals surface area (Å²) in [5.74, 6) is 2.27. The zero-order valence-electron chi connectivity index (χ0n) is 20.7. The fourth-order valence-corrected chi connectivity index (χ4v) is 8.61. The number of thioether (sulfide) groups is 2. The van der Waals surface area contributed by atoms with E-state index in [0.717, 1.165) is 30.8 Å². The van der Waals surface area contributed by atoms with E-state index in [0.29, 0.717) is 0 Å². The molecule has 0 saturated carbocycles. The Morgan fingerprint density at radius 3 is 2.06 bits per heavy atom. The van der Waals surface area contributed by atoms with E-state index in [1.54, 1.807) is 20.8 Å². The van der Waals surface area contributed by atoms with Crippen molar-refractivity contribution in [3.05, 3.63) is 35.9 Å². The Morgan fingerprint density at radius 2 is 1.50 bits per heavy atom. The number of nitrogens with one attached hydrogen (secondary N) is 1. The van der Waals surface area contributed by atoms with Crippen molar-refractivity contribution in [1.82, 2.24) is 4.72 Å². The fourth-order valence-electron chi connectivity index (χ4n) is 4.12. The summed E-state index contributed by atoms with van der Waals surface area (Å²) in [6.45, 7) is 7.63. The Balaban J connectivity index is 2.07. The fraction of sp³-hybridized carbons (Fsp3) is 0.769. The number of hydrogen-bond donors (Lipinski definition) is 1. The van der Waals surface area contributed by atoms with E-state index in [9.17, 15) is 8.42 Å². The highest BCUT2D eigenvalue weighted by atomic mass is 32.2. The molecule has 1 N–H and O–H groups in total. The Hall–Kier alpha value is -0.170. The molecule has 0 aromatic heterocycles. The van der Waals surface area contributed by atoms with Gasteiger partial charge in [0.1, 0.15) is 0 Å². The molecule has 0 unspecified atom stereocenters. The van der Waals surface area contributed by atoms with Gasteiger partial charge in [0.15, 0.2) is 0 Å². The van der Waals surface area contributed by atoms with Gasteiger partial charge in [0.25, 0.3) is 0 Å². The van der Waals surface area contributed by atoms with Crippen LogP contribution in [-0.2, 0) is 14.1 Å². The predicted octanol–water partition coefficient (Wildman–Crippen LogP) is 7.72. The molecule has 0 amide bonds. The number of hydrogen-bond acceptors (Lipinski definition) is 4. The molecular formula is C26H45NO2S3. The normalized spacial score (nSPS) is 17.9. The molecule has 2 rings (SSSR count). The molecule has 32 heavy (non-hydrogen) atoms. The van der Waals surface area contributed by atoms with Crippen LogP contribution < -0.4 is 4.72 Å². The van der Waals surface area contributed by atoms with Crippen LogP contribution in [-0.4, -0.2) is 30.7 Å². The quantitative estimate of drug-likeness (QED) is 0.266. The molecule has 1 aromatic rings. The lowest BCUT2D eigenvalue weighted by Gasteiger charge is -2.40. The summed E-state index contributed by atoms with van der Waals surface area (Å²) in [7, 11) is -3.38. The second-order valence-electron chi connectivity index (χ2n) is 10.1. The molecule has 1 aliphatic heterocycles.